The van der Waals surface area contributed by atoms with Crippen LogP contribution in [-0.2, 0) is 33.4 Å². The molecule has 3 saturated heterocycles. The Morgan fingerprint density at radius 3 is 2.31 bits per heavy atom. The molecule has 0 amide bonds. The number of oxime groups is 1. The van der Waals surface area contributed by atoms with E-state index in [1.165, 1.54) is 21.0 Å². The van der Waals surface area contributed by atoms with Gasteiger partial charge in [-0.05, 0) is 87.5 Å². The summed E-state index contributed by atoms with van der Waals surface area (Å²) in [6.07, 6.45) is -3.16. The van der Waals surface area contributed by atoms with Crippen molar-refractivity contribution in [1.29, 1.82) is 0 Å². The Morgan fingerprint density at radius 1 is 1.08 bits per heavy atom. The third-order valence-corrected chi connectivity index (χ3v) is 11.2. The molecule has 0 aromatic rings. The standard InChI is InChI=1S/C36H65N3O10/c1-13-27-36(8,44)31(42)22(4)28(37-49-25-15-14-16-39(11)19-25)20(2)18-35(7,45-12)32(23(5)29(40)24(6)33(43)47-27)48-34-30(41)26(38(9)10)17-21(3)46-34/h20-27,30-32,34,41-42,44H,13-19H2,1-12H3/b37-28+/t20-,21-,22+,23+,24-,25-,26+,27-,30-,31-,32-,34+,35-,36-/m1/s1. The first-order valence-electron chi connectivity index (χ1n) is 18.1. The van der Waals surface area contributed by atoms with Crippen LogP contribution in [0.15, 0.2) is 5.16 Å². The number of Topliss-reactive ketones (excluding diaryl/α,β-unsaturated/α-hetero) is 1. The number of esters is 1. The lowest BCUT2D eigenvalue weighted by atomic mass is 9.74. The van der Waals surface area contributed by atoms with E-state index in [9.17, 15) is 24.9 Å². The van der Waals surface area contributed by atoms with Crippen molar-refractivity contribution < 1.29 is 48.7 Å². The van der Waals surface area contributed by atoms with Gasteiger partial charge in [-0.1, -0.05) is 32.9 Å². The lowest BCUT2D eigenvalue weighted by Crippen LogP contribution is -2.60. The maximum Gasteiger partial charge on any atom is 0.316 e. The second-order valence-electron chi connectivity index (χ2n) is 15.6. The predicted molar refractivity (Wildman–Crippen MR) is 185 cm³/mol. The van der Waals surface area contributed by atoms with Crippen molar-refractivity contribution in [3.8, 4) is 0 Å². The molecule has 284 valence electrons. The quantitative estimate of drug-likeness (QED) is 0.203. The third kappa shape index (κ3) is 9.59. The van der Waals surface area contributed by atoms with Crippen LogP contribution in [0.3, 0.4) is 0 Å². The number of likely N-dealkylation sites (N-methyl/N-ethyl adjacent to an activating group) is 2. The number of cyclic esters (lactones) is 1. The van der Waals surface area contributed by atoms with E-state index in [2.05, 4.69) is 10.1 Å². The van der Waals surface area contributed by atoms with Gasteiger partial charge in [-0.15, -0.1) is 0 Å². The Bertz CT molecular complexity index is 1140. The van der Waals surface area contributed by atoms with Crippen LogP contribution in [0.5, 0.6) is 0 Å². The molecule has 3 aliphatic heterocycles. The summed E-state index contributed by atoms with van der Waals surface area (Å²) < 4.78 is 24.8. The smallest absolute Gasteiger partial charge is 0.316 e. The fourth-order valence-corrected chi connectivity index (χ4v) is 7.96. The number of likely N-dealkylation sites (tertiary alicyclic amines) is 1. The molecule has 0 saturated carbocycles. The highest BCUT2D eigenvalue weighted by Gasteiger charge is 2.51. The monoisotopic (exact) mass is 699 g/mol. The summed E-state index contributed by atoms with van der Waals surface area (Å²) in [4.78, 5) is 37.9. The van der Waals surface area contributed by atoms with Crippen LogP contribution >= 0.6 is 0 Å². The molecule has 13 nitrogen and oxygen atoms in total. The highest BCUT2D eigenvalue weighted by Crippen LogP contribution is 2.38. The predicted octanol–water partition coefficient (Wildman–Crippen LogP) is 2.62. The molecule has 0 bridgehead atoms. The van der Waals surface area contributed by atoms with Gasteiger partial charge < -0.3 is 48.9 Å². The van der Waals surface area contributed by atoms with Crippen LogP contribution in [-0.4, -0.2) is 144 Å². The summed E-state index contributed by atoms with van der Waals surface area (Å²) in [5, 5.41) is 39.6. The molecular weight excluding hydrogens is 634 g/mol. The lowest BCUT2D eigenvalue weighted by molar-refractivity contribution is -0.295. The molecule has 3 rings (SSSR count). The minimum atomic E-state index is -1.88. The van der Waals surface area contributed by atoms with Crippen LogP contribution in [0, 0.1) is 23.7 Å². The molecule has 0 aliphatic carbocycles. The summed E-state index contributed by atoms with van der Waals surface area (Å²) >= 11 is 0. The molecule has 0 aromatic heterocycles. The van der Waals surface area contributed by atoms with Crippen LogP contribution in [0.2, 0.25) is 0 Å². The molecule has 0 spiro atoms. The Labute approximate surface area is 293 Å². The number of carbonyl (C=O) groups is 2. The van der Waals surface area contributed by atoms with Gasteiger partial charge >= 0.3 is 5.97 Å². The Kier molecular flexibility index (Phi) is 14.6. The fourth-order valence-electron chi connectivity index (χ4n) is 7.96. The zero-order valence-corrected chi connectivity index (χ0v) is 31.9. The van der Waals surface area contributed by atoms with Crippen LogP contribution in [0.1, 0.15) is 87.5 Å². The number of ketones is 1. The highest BCUT2D eigenvalue weighted by atomic mass is 16.7. The van der Waals surface area contributed by atoms with Gasteiger partial charge in [0.05, 0.1) is 29.6 Å². The topological polar surface area (TPSA) is 160 Å². The van der Waals surface area contributed by atoms with Crippen molar-refractivity contribution in [1.82, 2.24) is 9.80 Å². The molecule has 3 N–H and O–H groups in total. The molecule has 0 aromatic carbocycles. The van der Waals surface area contributed by atoms with Crippen molar-refractivity contribution >= 4 is 17.5 Å². The van der Waals surface area contributed by atoms with Gasteiger partial charge in [0.25, 0.3) is 0 Å². The average Bonchev–Trinajstić information content (AvgIpc) is 3.04. The number of rotatable bonds is 7. The Hall–Kier alpha value is -1.71. The number of aliphatic hydroxyl groups excluding tert-OH is 2. The van der Waals surface area contributed by atoms with Gasteiger partial charge in [0.1, 0.15) is 29.8 Å². The number of hydrogen-bond donors (Lipinski definition) is 3. The normalized spacial score (nSPS) is 44.9. The minimum Gasteiger partial charge on any atom is -0.459 e. The van der Waals surface area contributed by atoms with E-state index in [0.717, 1.165) is 19.4 Å². The third-order valence-electron chi connectivity index (χ3n) is 11.2. The number of piperidine rings is 1. The summed E-state index contributed by atoms with van der Waals surface area (Å²) in [6, 6.07) is -0.254. The zero-order valence-electron chi connectivity index (χ0n) is 31.9. The average molecular weight is 700 g/mol. The number of ether oxygens (including phenoxy) is 4. The van der Waals surface area contributed by atoms with E-state index in [0.29, 0.717) is 18.7 Å². The number of methoxy groups -OCH3 is 1. The van der Waals surface area contributed by atoms with Crippen molar-refractivity contribution in [2.75, 3.05) is 41.3 Å². The van der Waals surface area contributed by atoms with E-state index >= 15 is 0 Å². The van der Waals surface area contributed by atoms with E-state index < -0.39 is 77.3 Å². The van der Waals surface area contributed by atoms with E-state index in [-0.39, 0.29) is 31.1 Å². The van der Waals surface area contributed by atoms with Gasteiger partial charge in [-0.25, -0.2) is 0 Å². The van der Waals surface area contributed by atoms with Crippen molar-refractivity contribution in [3.63, 3.8) is 0 Å². The first-order valence-corrected chi connectivity index (χ1v) is 18.1. The summed E-state index contributed by atoms with van der Waals surface area (Å²) in [5.41, 5.74) is -2.58. The van der Waals surface area contributed by atoms with E-state index in [1.807, 2.05) is 46.8 Å². The first-order chi connectivity index (χ1) is 22.8. The van der Waals surface area contributed by atoms with Crippen LogP contribution in [0.4, 0.5) is 0 Å². The molecule has 13 heteroatoms. The molecule has 14 atom stereocenters. The highest BCUT2D eigenvalue weighted by molar-refractivity contribution is 6.00. The van der Waals surface area contributed by atoms with Crippen LogP contribution in [0.25, 0.3) is 0 Å². The first kappa shape index (κ1) is 41.7. The molecule has 3 fully saturated rings. The molecule has 49 heavy (non-hydrogen) atoms. The second kappa shape index (κ2) is 17.2. The molecule has 0 radical (unpaired) electrons. The SMILES string of the molecule is CC[C@H]1OC(=O)[C@H](C)C(=O)[C@H](C)[C@@H](O[C@@H]2O[C@H](C)C[C@H](N(C)C)[C@H]2O)[C@](C)(OC)C[C@@H](C)/C(=N\O[C@@H]2CCCN(C)C2)[C@H](C)[C@@H](O)[C@]1(C)O. The van der Waals surface area contributed by atoms with Crippen molar-refractivity contribution in [2.45, 2.75) is 148 Å². The fraction of sp³-hybridized carbons (Fsp3) is 0.917. The largest absolute Gasteiger partial charge is 0.459 e. The summed E-state index contributed by atoms with van der Waals surface area (Å²) in [7, 11) is 7.33. The van der Waals surface area contributed by atoms with Crippen molar-refractivity contribution in [3.05, 3.63) is 0 Å². The van der Waals surface area contributed by atoms with E-state index in [4.69, 9.17) is 23.8 Å². The number of carbonyl (C=O) groups excluding carboxylic acids is 2. The number of aliphatic hydroxyl groups is 3. The van der Waals surface area contributed by atoms with E-state index in [1.54, 1.807) is 20.8 Å². The van der Waals surface area contributed by atoms with Crippen LogP contribution < -0.4 is 0 Å². The summed E-state index contributed by atoms with van der Waals surface area (Å²) in [5.74, 6) is -4.54. The second-order valence-corrected chi connectivity index (χ2v) is 15.6. The maximum absolute atomic E-state index is 14.1. The molecular formula is C36H65N3O10. The lowest BCUT2D eigenvalue weighted by Gasteiger charge is -2.47. The van der Waals surface area contributed by atoms with Gasteiger partial charge in [0.2, 0.25) is 0 Å². The molecule has 0 unspecified atom stereocenters. The Balaban J connectivity index is 2.14. The van der Waals surface area contributed by atoms with Crippen molar-refractivity contribution in [2.24, 2.45) is 28.8 Å². The van der Waals surface area contributed by atoms with Gasteiger partial charge in [-0.2, -0.15) is 0 Å². The zero-order chi connectivity index (χ0) is 37.0. The van der Waals surface area contributed by atoms with Gasteiger partial charge in [-0.3, -0.25) is 9.59 Å². The number of hydrogen-bond acceptors (Lipinski definition) is 13. The Morgan fingerprint density at radius 2 is 1.73 bits per heavy atom. The van der Waals surface area contributed by atoms with Gasteiger partial charge in [0.15, 0.2) is 12.1 Å². The van der Waals surface area contributed by atoms with Gasteiger partial charge in [0, 0.05) is 37.5 Å². The number of nitrogens with zero attached hydrogens (tertiary/aromatic N) is 3. The summed E-state index contributed by atoms with van der Waals surface area (Å²) in [6.45, 7) is 15.5. The molecule has 3 heterocycles. The maximum atomic E-state index is 14.1. The minimum absolute atomic E-state index is 0.152. The molecule has 3 aliphatic rings.